The van der Waals surface area contributed by atoms with Gasteiger partial charge >= 0.3 is 17.9 Å². The van der Waals surface area contributed by atoms with Crippen LogP contribution in [0.3, 0.4) is 0 Å². The molecule has 7 fully saturated rings. The molecule has 8 aliphatic rings. The van der Waals surface area contributed by atoms with Gasteiger partial charge in [-0.25, -0.2) is 9.59 Å². The minimum Gasteiger partial charge on any atom is -0.481 e. The van der Waals surface area contributed by atoms with Gasteiger partial charge < -0.3 is 64.5 Å². The van der Waals surface area contributed by atoms with Crippen LogP contribution in [-0.2, 0) is 38.1 Å². The molecular formula is C42H62O16. The Bertz CT molecular complexity index is 1690. The molecule has 5 saturated carbocycles. The number of aliphatic hydroxyl groups excluding tert-OH is 6. The van der Waals surface area contributed by atoms with Gasteiger partial charge in [0, 0.05) is 12.0 Å². The molecule has 5 aliphatic carbocycles. The third kappa shape index (κ3) is 5.79. The van der Waals surface area contributed by atoms with E-state index in [2.05, 4.69) is 20.8 Å². The van der Waals surface area contributed by atoms with Crippen LogP contribution in [0.4, 0.5) is 0 Å². The van der Waals surface area contributed by atoms with Crippen LogP contribution in [0.1, 0.15) is 98.8 Å². The van der Waals surface area contributed by atoms with Gasteiger partial charge in [0.25, 0.3) is 0 Å². The van der Waals surface area contributed by atoms with E-state index in [0.29, 0.717) is 30.3 Å². The van der Waals surface area contributed by atoms with E-state index >= 15 is 0 Å². The lowest BCUT2D eigenvalue weighted by Crippen LogP contribution is -2.66. The van der Waals surface area contributed by atoms with Crippen LogP contribution >= 0.6 is 0 Å². The number of carboxylic acids is 2. The van der Waals surface area contributed by atoms with Gasteiger partial charge in [0.1, 0.15) is 48.8 Å². The summed E-state index contributed by atoms with van der Waals surface area (Å²) in [6, 6.07) is 0. The molecule has 326 valence electrons. The smallest absolute Gasteiger partial charge is 0.335 e. The average Bonchev–Trinajstić information content (AvgIpc) is 3.77. The molecule has 2 spiro atoms. The van der Waals surface area contributed by atoms with E-state index in [9.17, 15) is 55.2 Å². The van der Waals surface area contributed by atoms with Crippen LogP contribution < -0.4 is 0 Å². The molecule has 3 heterocycles. The summed E-state index contributed by atoms with van der Waals surface area (Å²) < 4.78 is 29.5. The summed E-state index contributed by atoms with van der Waals surface area (Å²) in [6.45, 7) is 9.83. The fourth-order valence-electron chi connectivity index (χ4n) is 14.5. The first-order chi connectivity index (χ1) is 27.2. The van der Waals surface area contributed by atoms with Crippen molar-refractivity contribution >= 4 is 17.9 Å². The number of carboxylic acid groups (broad SMARTS) is 2. The average molecular weight is 823 g/mol. The zero-order valence-electron chi connectivity index (χ0n) is 33.9. The molecule has 8 N–H and O–H groups in total. The quantitative estimate of drug-likeness (QED) is 0.121. The fraction of sp³-hybridized carbons (Fsp3) is 0.881. The zero-order valence-corrected chi connectivity index (χ0v) is 33.9. The van der Waals surface area contributed by atoms with Gasteiger partial charge in [-0.1, -0.05) is 26.8 Å². The minimum absolute atomic E-state index is 0.00375. The molecule has 0 unspecified atom stereocenters. The normalized spacial score (nSPS) is 54.2. The maximum absolute atomic E-state index is 13.7. The Morgan fingerprint density at radius 1 is 0.810 bits per heavy atom. The SMILES string of the molecule is CC1=CC[C@@H]([C@@H](C)[C@H]2CC[C@@]3(C)[C@@H]4CC[C@@H]5[C@](C)(C(=O)O)[C@@H](O[C@@H]6O[C@H](C(=O)O)[C@@H](O)[C@H](O)[C@H]6O[C@@H]6O[C@H](CO)[C@@H](O)[C@H](O)[C@H]6O)CC[C@@]56C[C@@]46CC[C@]23C)OC1=O. The van der Waals surface area contributed by atoms with Crippen molar-refractivity contribution < 1.29 is 78.9 Å². The second-order valence-corrected chi connectivity index (χ2v) is 19.9. The van der Waals surface area contributed by atoms with Gasteiger partial charge in [0.05, 0.1) is 18.1 Å². The number of fused-ring (bicyclic) bond motifs is 2. The zero-order chi connectivity index (χ0) is 42.1. The van der Waals surface area contributed by atoms with Gasteiger partial charge in [-0.3, -0.25) is 4.79 Å². The number of rotatable bonds is 9. The summed E-state index contributed by atoms with van der Waals surface area (Å²) in [4.78, 5) is 38.4. The van der Waals surface area contributed by atoms with Crippen LogP contribution in [0, 0.1) is 50.7 Å². The molecule has 3 aliphatic heterocycles. The Morgan fingerprint density at radius 3 is 2.16 bits per heavy atom. The fourth-order valence-corrected chi connectivity index (χ4v) is 14.5. The van der Waals surface area contributed by atoms with Gasteiger partial charge in [-0.15, -0.1) is 0 Å². The lowest BCUT2D eigenvalue weighted by atomic mass is 9.41. The number of carbonyl (C=O) groups is 3. The number of carbonyl (C=O) groups excluding carboxylic acids is 1. The maximum atomic E-state index is 13.7. The number of hydrogen-bond acceptors (Lipinski definition) is 14. The van der Waals surface area contributed by atoms with Crippen molar-refractivity contribution in [3.8, 4) is 0 Å². The number of esters is 1. The van der Waals surface area contributed by atoms with E-state index in [4.69, 9.17) is 23.7 Å². The van der Waals surface area contributed by atoms with E-state index in [0.717, 1.165) is 44.9 Å². The summed E-state index contributed by atoms with van der Waals surface area (Å²) in [5, 5.41) is 84.2. The number of hydrogen-bond donors (Lipinski definition) is 8. The summed E-state index contributed by atoms with van der Waals surface area (Å²) >= 11 is 0. The second-order valence-electron chi connectivity index (χ2n) is 19.9. The van der Waals surface area contributed by atoms with Crippen molar-refractivity contribution in [3.63, 3.8) is 0 Å². The van der Waals surface area contributed by atoms with Crippen molar-refractivity contribution in [2.24, 2.45) is 50.7 Å². The van der Waals surface area contributed by atoms with Crippen LogP contribution in [0.15, 0.2) is 11.6 Å². The highest BCUT2D eigenvalue weighted by Gasteiger charge is 2.83. The molecular weight excluding hydrogens is 760 g/mol. The van der Waals surface area contributed by atoms with Gasteiger partial charge in [-0.05, 0) is 117 Å². The van der Waals surface area contributed by atoms with Gasteiger partial charge in [0.15, 0.2) is 18.7 Å². The van der Waals surface area contributed by atoms with Crippen molar-refractivity contribution in [3.05, 3.63) is 11.6 Å². The first kappa shape index (κ1) is 42.4. The molecule has 8 rings (SSSR count). The standard InChI is InChI=1S/C42H62O16/c1-18-6-7-21(54-34(18)51)19(2)20-10-12-39(4)23-8-9-24-40(5,37(52)53)25(11-13-41(24)17-42(23,41)15-14-38(20,39)3)56-36-32(29(47)28(46)31(57-36)33(49)50)58-35-30(48)27(45)26(44)22(16-43)55-35/h6,19-32,35-36,43-48H,7-17H2,1-5H3,(H,49,50)(H,52,53)/t19-,20+,21-,22+,23-,24+,25-,26+,27-,28-,29-,30+,31-,32+,35-,36+,38+,39-,40-,41+,42-/m0/s1. The predicted octanol–water partition coefficient (Wildman–Crippen LogP) is 1.49. The lowest BCUT2D eigenvalue weighted by molar-refractivity contribution is -0.373. The van der Waals surface area contributed by atoms with Crippen molar-refractivity contribution in [1.82, 2.24) is 0 Å². The van der Waals surface area contributed by atoms with Crippen molar-refractivity contribution in [2.75, 3.05) is 6.61 Å². The summed E-state index contributed by atoms with van der Waals surface area (Å²) in [6.07, 6.45) is -9.25. The number of ether oxygens (including phenoxy) is 5. The van der Waals surface area contributed by atoms with Crippen LogP contribution in [0.5, 0.6) is 0 Å². The van der Waals surface area contributed by atoms with E-state index in [1.807, 2.05) is 6.08 Å². The third-order valence-corrected chi connectivity index (χ3v) is 17.9. The topological polar surface area (TPSA) is 259 Å². The molecule has 16 nitrogen and oxygen atoms in total. The van der Waals surface area contributed by atoms with Crippen LogP contribution in [0.25, 0.3) is 0 Å². The Hall–Kier alpha value is -2.25. The number of cyclic esters (lactones) is 1. The minimum atomic E-state index is -2.04. The largest absolute Gasteiger partial charge is 0.481 e. The highest BCUT2D eigenvalue weighted by molar-refractivity contribution is 5.88. The summed E-state index contributed by atoms with van der Waals surface area (Å²) in [7, 11) is 0. The Labute approximate surface area is 337 Å². The molecule has 21 atom stereocenters. The van der Waals surface area contributed by atoms with Crippen LogP contribution in [0.2, 0.25) is 0 Å². The third-order valence-electron chi connectivity index (χ3n) is 17.9. The molecule has 2 saturated heterocycles. The first-order valence-corrected chi connectivity index (χ1v) is 21.2. The molecule has 0 aromatic carbocycles. The predicted molar refractivity (Wildman–Crippen MR) is 198 cm³/mol. The molecule has 0 aromatic heterocycles. The lowest BCUT2D eigenvalue weighted by Gasteiger charge is -2.63. The number of aliphatic hydroxyl groups is 6. The van der Waals surface area contributed by atoms with E-state index in [1.165, 1.54) is 0 Å². The monoisotopic (exact) mass is 822 g/mol. The Balaban J connectivity index is 1.04. The van der Waals surface area contributed by atoms with Gasteiger partial charge in [0.2, 0.25) is 0 Å². The molecule has 0 radical (unpaired) electrons. The first-order valence-electron chi connectivity index (χ1n) is 21.2. The maximum Gasteiger partial charge on any atom is 0.335 e. The molecule has 16 heteroatoms. The molecule has 58 heavy (non-hydrogen) atoms. The summed E-state index contributed by atoms with van der Waals surface area (Å²) in [5.41, 5.74) is -1.11. The Kier molecular flexibility index (Phi) is 10.5. The Morgan fingerprint density at radius 2 is 1.50 bits per heavy atom. The molecule has 0 amide bonds. The van der Waals surface area contributed by atoms with E-state index < -0.39 is 91.5 Å². The second kappa shape index (κ2) is 14.4. The van der Waals surface area contributed by atoms with E-state index in [1.54, 1.807) is 13.8 Å². The highest BCUT2D eigenvalue weighted by Crippen LogP contribution is 2.89. The molecule has 0 bridgehead atoms. The number of aliphatic carboxylic acids is 2. The van der Waals surface area contributed by atoms with Crippen molar-refractivity contribution in [1.29, 1.82) is 0 Å². The molecule has 0 aromatic rings. The highest BCUT2D eigenvalue weighted by atomic mass is 16.8. The van der Waals surface area contributed by atoms with Crippen LogP contribution in [-0.4, -0.2) is 139 Å². The van der Waals surface area contributed by atoms with E-state index in [-0.39, 0.29) is 52.0 Å². The van der Waals surface area contributed by atoms with Gasteiger partial charge in [-0.2, -0.15) is 0 Å². The summed E-state index contributed by atoms with van der Waals surface area (Å²) in [5.74, 6) is -2.28. The van der Waals surface area contributed by atoms with Crippen molar-refractivity contribution in [2.45, 2.75) is 172 Å².